The van der Waals surface area contributed by atoms with Crippen LogP contribution < -0.4 is 16.0 Å². The molecule has 0 radical (unpaired) electrons. The molecule has 3 N–H and O–H groups in total. The van der Waals surface area contributed by atoms with Gasteiger partial charge in [0.25, 0.3) is 0 Å². The molecule has 4 aliphatic rings. The SMILES string of the molecule is CC1C(Nc2cc(N3CCC(N)C3)ccn2)CC2CC1C2(C)C. The van der Waals surface area contributed by atoms with Crippen molar-refractivity contribution in [1.29, 1.82) is 0 Å². The van der Waals surface area contributed by atoms with E-state index in [0.29, 0.717) is 17.5 Å². The monoisotopic (exact) mass is 314 g/mol. The Morgan fingerprint density at radius 3 is 2.83 bits per heavy atom. The van der Waals surface area contributed by atoms with E-state index in [2.05, 4.69) is 48.1 Å². The molecule has 23 heavy (non-hydrogen) atoms. The third-order valence-corrected chi connectivity index (χ3v) is 7.02. The van der Waals surface area contributed by atoms with Crippen molar-refractivity contribution < 1.29 is 0 Å². The van der Waals surface area contributed by atoms with Crippen molar-refractivity contribution in [2.45, 2.75) is 52.1 Å². The first-order valence-electron chi connectivity index (χ1n) is 9.18. The van der Waals surface area contributed by atoms with Crippen LogP contribution in [0, 0.1) is 23.2 Å². The second kappa shape index (κ2) is 5.37. The minimum atomic E-state index is 0.312. The molecular formula is C19H30N4. The third kappa shape index (κ3) is 2.51. The number of pyridine rings is 1. The maximum Gasteiger partial charge on any atom is 0.128 e. The van der Waals surface area contributed by atoms with E-state index < -0.39 is 0 Å². The van der Waals surface area contributed by atoms with Crippen LogP contribution in [-0.4, -0.2) is 30.2 Å². The van der Waals surface area contributed by atoms with Crippen molar-refractivity contribution in [2.24, 2.45) is 28.9 Å². The molecule has 4 nitrogen and oxygen atoms in total. The Hall–Kier alpha value is -1.29. The summed E-state index contributed by atoms with van der Waals surface area (Å²) in [6.45, 7) is 9.34. The van der Waals surface area contributed by atoms with E-state index in [9.17, 15) is 0 Å². The molecule has 1 aromatic heterocycles. The van der Waals surface area contributed by atoms with Crippen LogP contribution in [0.4, 0.5) is 11.5 Å². The van der Waals surface area contributed by atoms with Crippen LogP contribution in [0.5, 0.6) is 0 Å². The predicted molar refractivity (Wildman–Crippen MR) is 95.6 cm³/mol. The molecule has 3 aliphatic carbocycles. The third-order valence-electron chi connectivity index (χ3n) is 7.02. The minimum absolute atomic E-state index is 0.312. The zero-order chi connectivity index (χ0) is 16.2. The number of nitrogens with zero attached hydrogens (tertiary/aromatic N) is 2. The van der Waals surface area contributed by atoms with E-state index in [1.165, 1.54) is 18.5 Å². The fraction of sp³-hybridized carbons (Fsp3) is 0.737. The van der Waals surface area contributed by atoms with Crippen molar-refractivity contribution in [1.82, 2.24) is 4.98 Å². The van der Waals surface area contributed by atoms with E-state index in [-0.39, 0.29) is 0 Å². The lowest BCUT2D eigenvalue weighted by Crippen LogP contribution is -2.58. The van der Waals surface area contributed by atoms with Crippen LogP contribution in [0.15, 0.2) is 18.3 Å². The fourth-order valence-electron chi connectivity index (χ4n) is 5.25. The van der Waals surface area contributed by atoms with Gasteiger partial charge in [-0.05, 0) is 48.5 Å². The zero-order valence-corrected chi connectivity index (χ0v) is 14.6. The Bertz CT molecular complexity index is 584. The first-order valence-corrected chi connectivity index (χ1v) is 9.18. The van der Waals surface area contributed by atoms with Gasteiger partial charge in [-0.15, -0.1) is 0 Å². The van der Waals surface area contributed by atoms with E-state index in [1.54, 1.807) is 0 Å². The molecule has 4 heteroatoms. The highest BCUT2D eigenvalue weighted by Gasteiger charge is 2.56. The Labute approximate surface area is 139 Å². The number of nitrogens with one attached hydrogen (secondary N) is 1. The first-order chi connectivity index (χ1) is 10.9. The van der Waals surface area contributed by atoms with Crippen LogP contribution in [0.1, 0.15) is 40.0 Å². The summed E-state index contributed by atoms with van der Waals surface area (Å²) < 4.78 is 0. The number of fused-ring (bicyclic) bond motifs is 2. The number of hydrogen-bond acceptors (Lipinski definition) is 4. The van der Waals surface area contributed by atoms with E-state index in [0.717, 1.165) is 43.1 Å². The molecule has 2 bridgehead atoms. The Morgan fingerprint density at radius 1 is 1.35 bits per heavy atom. The lowest BCUT2D eigenvalue weighted by Gasteiger charge is -2.62. The molecule has 0 amide bonds. The van der Waals surface area contributed by atoms with Gasteiger partial charge in [-0.2, -0.15) is 0 Å². The minimum Gasteiger partial charge on any atom is -0.370 e. The Balaban J connectivity index is 1.46. The van der Waals surface area contributed by atoms with Crippen LogP contribution in [0.3, 0.4) is 0 Å². The summed E-state index contributed by atoms with van der Waals surface area (Å²) in [4.78, 5) is 6.94. The smallest absolute Gasteiger partial charge is 0.128 e. The van der Waals surface area contributed by atoms with Crippen LogP contribution in [0.25, 0.3) is 0 Å². The van der Waals surface area contributed by atoms with Gasteiger partial charge in [0.1, 0.15) is 5.82 Å². The summed E-state index contributed by atoms with van der Waals surface area (Å²) in [6, 6.07) is 5.19. The molecule has 5 unspecified atom stereocenters. The van der Waals surface area contributed by atoms with Crippen molar-refractivity contribution >= 4 is 11.5 Å². The van der Waals surface area contributed by atoms with Crippen molar-refractivity contribution in [3.63, 3.8) is 0 Å². The highest BCUT2D eigenvalue weighted by Crippen LogP contribution is 2.61. The van der Waals surface area contributed by atoms with Gasteiger partial charge in [0.15, 0.2) is 0 Å². The van der Waals surface area contributed by atoms with Gasteiger partial charge in [0.2, 0.25) is 0 Å². The topological polar surface area (TPSA) is 54.2 Å². The molecule has 5 atom stereocenters. The van der Waals surface area contributed by atoms with Gasteiger partial charge in [0.05, 0.1) is 0 Å². The van der Waals surface area contributed by atoms with E-state index in [1.807, 2.05) is 6.20 Å². The summed E-state index contributed by atoms with van der Waals surface area (Å²) >= 11 is 0. The maximum atomic E-state index is 6.04. The Kier molecular flexibility index (Phi) is 3.56. The molecule has 2 heterocycles. The average Bonchev–Trinajstić information content (AvgIpc) is 2.95. The second-order valence-corrected chi connectivity index (χ2v) is 8.60. The molecule has 1 aliphatic heterocycles. The molecule has 5 rings (SSSR count). The summed E-state index contributed by atoms with van der Waals surface area (Å²) in [7, 11) is 0. The van der Waals surface area contributed by atoms with Crippen molar-refractivity contribution in [2.75, 3.05) is 23.3 Å². The Morgan fingerprint density at radius 2 is 2.17 bits per heavy atom. The van der Waals surface area contributed by atoms with Gasteiger partial charge in [-0.1, -0.05) is 20.8 Å². The quantitative estimate of drug-likeness (QED) is 0.900. The van der Waals surface area contributed by atoms with Crippen molar-refractivity contribution in [3.05, 3.63) is 18.3 Å². The van der Waals surface area contributed by atoms with E-state index in [4.69, 9.17) is 5.73 Å². The van der Waals surface area contributed by atoms with E-state index >= 15 is 0 Å². The molecule has 1 aromatic rings. The maximum absolute atomic E-state index is 6.04. The van der Waals surface area contributed by atoms with Gasteiger partial charge < -0.3 is 16.0 Å². The molecule has 1 saturated heterocycles. The molecule has 0 spiro atoms. The predicted octanol–water partition coefficient (Wildman–Crippen LogP) is 3.10. The number of hydrogen-bond donors (Lipinski definition) is 2. The normalized spacial score (nSPS) is 38.3. The number of rotatable bonds is 3. The largest absolute Gasteiger partial charge is 0.370 e. The standard InChI is InChI=1S/C19H30N4/c1-12-16-8-13(19(16,2)3)9-17(12)22-18-10-15(4-6-21-18)23-7-5-14(20)11-23/h4,6,10,12-14,16-17H,5,7-9,11,20H2,1-3H3,(H,21,22). The number of nitrogens with two attached hydrogens (primary N) is 1. The van der Waals surface area contributed by atoms with Crippen LogP contribution in [-0.2, 0) is 0 Å². The lowest BCUT2D eigenvalue weighted by molar-refractivity contribution is -0.105. The zero-order valence-electron chi connectivity index (χ0n) is 14.6. The molecule has 4 fully saturated rings. The molecular weight excluding hydrogens is 284 g/mol. The van der Waals surface area contributed by atoms with Gasteiger partial charge >= 0.3 is 0 Å². The van der Waals surface area contributed by atoms with Crippen LogP contribution in [0.2, 0.25) is 0 Å². The lowest BCUT2D eigenvalue weighted by atomic mass is 9.45. The number of aromatic nitrogens is 1. The summed E-state index contributed by atoms with van der Waals surface area (Å²) in [5, 5.41) is 3.74. The highest BCUT2D eigenvalue weighted by atomic mass is 15.2. The molecule has 126 valence electrons. The van der Waals surface area contributed by atoms with Gasteiger partial charge in [-0.25, -0.2) is 4.98 Å². The highest BCUT2D eigenvalue weighted by molar-refractivity contribution is 5.55. The van der Waals surface area contributed by atoms with Gasteiger partial charge in [0, 0.05) is 43.1 Å². The summed E-state index contributed by atoms with van der Waals surface area (Å²) in [5.74, 6) is 3.49. The van der Waals surface area contributed by atoms with Crippen molar-refractivity contribution in [3.8, 4) is 0 Å². The first kappa shape index (κ1) is 15.3. The van der Waals surface area contributed by atoms with Crippen LogP contribution >= 0.6 is 0 Å². The summed E-state index contributed by atoms with van der Waals surface area (Å²) in [6.07, 6.45) is 5.72. The second-order valence-electron chi connectivity index (χ2n) is 8.60. The average molecular weight is 314 g/mol. The number of anilines is 2. The molecule has 3 saturated carbocycles. The van der Waals surface area contributed by atoms with Gasteiger partial charge in [-0.3, -0.25) is 0 Å². The molecule has 0 aromatic carbocycles. The fourth-order valence-corrected chi connectivity index (χ4v) is 5.25. The summed E-state index contributed by atoms with van der Waals surface area (Å²) in [5.41, 5.74) is 7.84.